The van der Waals surface area contributed by atoms with Crippen LogP contribution in [0.3, 0.4) is 0 Å². The van der Waals surface area contributed by atoms with Gasteiger partial charge in [-0.2, -0.15) is 0 Å². The maximum absolute atomic E-state index is 13.4. The smallest absolute Gasteiger partial charge is 0.306 e. The van der Waals surface area contributed by atoms with E-state index in [1.165, 1.54) is 6.07 Å². The molecule has 1 aromatic rings. The van der Waals surface area contributed by atoms with Crippen LogP contribution >= 0.6 is 0 Å². The van der Waals surface area contributed by atoms with E-state index in [-0.39, 0.29) is 17.7 Å². The summed E-state index contributed by atoms with van der Waals surface area (Å²) < 4.78 is 13.4. The van der Waals surface area contributed by atoms with Crippen LogP contribution in [0.4, 0.5) is 4.39 Å². The summed E-state index contributed by atoms with van der Waals surface area (Å²) in [7, 11) is 1.89. The Morgan fingerprint density at radius 3 is 2.82 bits per heavy atom. The molecule has 0 aromatic heterocycles. The van der Waals surface area contributed by atoms with Gasteiger partial charge in [-0.15, -0.1) is 0 Å². The van der Waals surface area contributed by atoms with E-state index in [1.807, 2.05) is 18.0 Å². The first-order valence-corrected chi connectivity index (χ1v) is 5.72. The summed E-state index contributed by atoms with van der Waals surface area (Å²) in [6, 6.07) is 6.68. The monoisotopic (exact) mass is 237 g/mol. The molecule has 2 atom stereocenters. The molecule has 2 rings (SSSR count). The van der Waals surface area contributed by atoms with E-state index >= 15 is 0 Å². The molecule has 0 bridgehead atoms. The number of carbonyl (C=O) groups is 1. The summed E-state index contributed by atoms with van der Waals surface area (Å²) in [5.74, 6) is -0.887. The molecule has 1 N–H and O–H groups in total. The molecule has 2 unspecified atom stereocenters. The van der Waals surface area contributed by atoms with Crippen LogP contribution in [0.2, 0.25) is 0 Å². The second-order valence-electron chi connectivity index (χ2n) is 4.73. The van der Waals surface area contributed by atoms with Crippen molar-refractivity contribution in [2.75, 3.05) is 13.6 Å². The third-order valence-electron chi connectivity index (χ3n) is 3.18. The Hall–Kier alpha value is -1.42. The number of nitrogens with zero attached hydrogens (tertiary/aromatic N) is 1. The molecule has 0 amide bonds. The third-order valence-corrected chi connectivity index (χ3v) is 3.18. The molecule has 0 spiro atoms. The molecule has 17 heavy (non-hydrogen) atoms. The number of hydrogen-bond donors (Lipinski definition) is 1. The van der Waals surface area contributed by atoms with Crippen molar-refractivity contribution < 1.29 is 14.3 Å². The molecule has 4 heteroatoms. The van der Waals surface area contributed by atoms with E-state index in [9.17, 15) is 9.18 Å². The highest BCUT2D eigenvalue weighted by molar-refractivity contribution is 5.73. The lowest BCUT2D eigenvalue weighted by atomic mass is 10.2. The molecule has 0 aliphatic heterocycles. The van der Waals surface area contributed by atoms with Gasteiger partial charge in [0.15, 0.2) is 0 Å². The zero-order valence-corrected chi connectivity index (χ0v) is 9.77. The predicted molar refractivity (Wildman–Crippen MR) is 62.0 cm³/mol. The van der Waals surface area contributed by atoms with E-state index in [1.54, 1.807) is 12.1 Å². The molecule has 0 heterocycles. The lowest BCUT2D eigenvalue weighted by Crippen LogP contribution is -2.22. The maximum atomic E-state index is 13.4. The number of rotatable bonds is 5. The molecule has 1 fully saturated rings. The van der Waals surface area contributed by atoms with E-state index in [0.29, 0.717) is 18.7 Å². The average Bonchev–Trinajstić information content (AvgIpc) is 3.01. The molecule has 3 nitrogen and oxygen atoms in total. The molecule has 0 radical (unpaired) electrons. The van der Waals surface area contributed by atoms with E-state index in [0.717, 1.165) is 6.42 Å². The zero-order valence-electron chi connectivity index (χ0n) is 9.77. The summed E-state index contributed by atoms with van der Waals surface area (Å²) >= 11 is 0. The third kappa shape index (κ3) is 3.03. The van der Waals surface area contributed by atoms with E-state index in [4.69, 9.17) is 5.11 Å². The predicted octanol–water partition coefficient (Wildman–Crippen LogP) is 1.98. The molecule has 1 saturated carbocycles. The lowest BCUT2D eigenvalue weighted by Gasteiger charge is -2.16. The zero-order chi connectivity index (χ0) is 12.4. The van der Waals surface area contributed by atoms with Crippen molar-refractivity contribution in [3.05, 3.63) is 35.6 Å². The Balaban J connectivity index is 1.84. The summed E-state index contributed by atoms with van der Waals surface area (Å²) in [5, 5.41) is 8.79. The molecule has 92 valence electrons. The largest absolute Gasteiger partial charge is 0.481 e. The second-order valence-corrected chi connectivity index (χ2v) is 4.73. The van der Waals surface area contributed by atoms with Crippen LogP contribution in [-0.4, -0.2) is 29.6 Å². The Kier molecular flexibility index (Phi) is 3.43. The normalized spacial score (nSPS) is 22.8. The highest BCUT2D eigenvalue weighted by Crippen LogP contribution is 2.39. The van der Waals surface area contributed by atoms with Gasteiger partial charge in [-0.1, -0.05) is 18.2 Å². The van der Waals surface area contributed by atoms with Crippen molar-refractivity contribution in [1.29, 1.82) is 0 Å². The van der Waals surface area contributed by atoms with Gasteiger partial charge in [-0.05, 0) is 25.5 Å². The Morgan fingerprint density at radius 2 is 2.24 bits per heavy atom. The topological polar surface area (TPSA) is 40.5 Å². The van der Waals surface area contributed by atoms with Crippen LogP contribution in [-0.2, 0) is 11.3 Å². The number of hydrogen-bond acceptors (Lipinski definition) is 2. The second kappa shape index (κ2) is 4.84. The van der Waals surface area contributed by atoms with Crippen LogP contribution < -0.4 is 0 Å². The fraction of sp³-hybridized carbons (Fsp3) is 0.462. The summed E-state index contributed by atoms with van der Waals surface area (Å²) in [5.41, 5.74) is 0.655. The van der Waals surface area contributed by atoms with Crippen molar-refractivity contribution in [1.82, 2.24) is 4.90 Å². The first-order chi connectivity index (χ1) is 8.08. The summed E-state index contributed by atoms with van der Waals surface area (Å²) in [6.45, 7) is 1.24. The standard InChI is InChI=1S/C13H16FNO2/c1-15(8-10-6-11(10)13(16)17)7-9-4-2-3-5-12(9)14/h2-5,10-11H,6-8H2,1H3,(H,16,17). The van der Waals surface area contributed by atoms with Crippen LogP contribution in [0, 0.1) is 17.7 Å². The lowest BCUT2D eigenvalue weighted by molar-refractivity contribution is -0.138. The molecule has 1 aromatic carbocycles. The van der Waals surface area contributed by atoms with Gasteiger partial charge in [0.2, 0.25) is 0 Å². The van der Waals surface area contributed by atoms with E-state index < -0.39 is 5.97 Å². The first kappa shape index (κ1) is 12.0. The van der Waals surface area contributed by atoms with Crippen molar-refractivity contribution in [2.45, 2.75) is 13.0 Å². The Bertz CT molecular complexity index is 422. The van der Waals surface area contributed by atoms with Crippen molar-refractivity contribution >= 4 is 5.97 Å². The quantitative estimate of drug-likeness (QED) is 0.851. The van der Waals surface area contributed by atoms with Gasteiger partial charge in [0, 0.05) is 18.7 Å². The molecule has 0 saturated heterocycles. The fourth-order valence-corrected chi connectivity index (χ4v) is 2.13. The van der Waals surface area contributed by atoms with Gasteiger partial charge in [0.25, 0.3) is 0 Å². The number of halogens is 1. The maximum Gasteiger partial charge on any atom is 0.306 e. The van der Waals surface area contributed by atoms with Gasteiger partial charge < -0.3 is 10.0 Å². The van der Waals surface area contributed by atoms with Gasteiger partial charge in [-0.3, -0.25) is 4.79 Å². The minimum absolute atomic E-state index is 0.196. The molecule has 1 aliphatic rings. The Labute approximate surface area is 99.9 Å². The van der Waals surface area contributed by atoms with Gasteiger partial charge in [0.05, 0.1) is 5.92 Å². The van der Waals surface area contributed by atoms with Gasteiger partial charge >= 0.3 is 5.97 Å². The van der Waals surface area contributed by atoms with Crippen LogP contribution in [0.25, 0.3) is 0 Å². The summed E-state index contributed by atoms with van der Waals surface area (Å²) in [4.78, 5) is 12.7. The van der Waals surface area contributed by atoms with Gasteiger partial charge in [-0.25, -0.2) is 4.39 Å². The summed E-state index contributed by atoms with van der Waals surface area (Å²) in [6.07, 6.45) is 0.747. The van der Waals surface area contributed by atoms with Crippen LogP contribution in [0.15, 0.2) is 24.3 Å². The highest BCUT2D eigenvalue weighted by atomic mass is 19.1. The Morgan fingerprint density at radius 1 is 1.53 bits per heavy atom. The van der Waals surface area contributed by atoms with Gasteiger partial charge in [0.1, 0.15) is 5.82 Å². The fourth-order valence-electron chi connectivity index (χ4n) is 2.13. The number of aliphatic carboxylic acids is 1. The highest BCUT2D eigenvalue weighted by Gasteiger charge is 2.43. The molecule has 1 aliphatic carbocycles. The number of carboxylic acid groups (broad SMARTS) is 1. The number of carboxylic acids is 1. The van der Waals surface area contributed by atoms with Crippen LogP contribution in [0.5, 0.6) is 0 Å². The number of benzene rings is 1. The minimum Gasteiger partial charge on any atom is -0.481 e. The van der Waals surface area contributed by atoms with Crippen molar-refractivity contribution in [3.8, 4) is 0 Å². The average molecular weight is 237 g/mol. The molecular weight excluding hydrogens is 221 g/mol. The molecular formula is C13H16FNO2. The van der Waals surface area contributed by atoms with Crippen LogP contribution in [0.1, 0.15) is 12.0 Å². The van der Waals surface area contributed by atoms with Crippen molar-refractivity contribution in [3.63, 3.8) is 0 Å². The first-order valence-electron chi connectivity index (χ1n) is 5.72. The minimum atomic E-state index is -0.714. The van der Waals surface area contributed by atoms with E-state index in [2.05, 4.69) is 0 Å². The SMILES string of the molecule is CN(Cc1ccccc1F)CC1CC1C(=O)O. The van der Waals surface area contributed by atoms with Crippen molar-refractivity contribution in [2.24, 2.45) is 11.8 Å².